The van der Waals surface area contributed by atoms with Crippen molar-refractivity contribution in [2.75, 3.05) is 26.3 Å². The lowest BCUT2D eigenvalue weighted by molar-refractivity contribution is -0.113. The standard InChI is InChI=1S/C21H24N3O4P/c1-3-27-29(26,28-4-2)24-15-19(11-17-7-5-9-22-13-17)21(25)20(16-24)12-18-8-6-10-23-14-18/h5-14H,3-4,15-16H2,1-2H3/b19-11+,20-12+. The number of Topliss-reactive ketones (excluding diaryl/α,β-unsaturated/α-hetero) is 1. The molecule has 0 saturated carbocycles. The molecular weight excluding hydrogens is 389 g/mol. The second-order valence-corrected chi connectivity index (χ2v) is 8.39. The Bertz CT molecular complexity index is 873. The first-order valence-electron chi connectivity index (χ1n) is 9.46. The van der Waals surface area contributed by atoms with Crippen molar-refractivity contribution in [1.29, 1.82) is 0 Å². The zero-order valence-electron chi connectivity index (χ0n) is 16.5. The quantitative estimate of drug-likeness (QED) is 0.501. The molecule has 0 aliphatic carbocycles. The van der Waals surface area contributed by atoms with Gasteiger partial charge in [0.2, 0.25) is 0 Å². The minimum absolute atomic E-state index is 0.103. The van der Waals surface area contributed by atoms with E-state index in [1.807, 2.05) is 12.1 Å². The van der Waals surface area contributed by atoms with Crippen LogP contribution in [0.4, 0.5) is 0 Å². The van der Waals surface area contributed by atoms with E-state index in [1.165, 1.54) is 0 Å². The van der Waals surface area contributed by atoms with Crippen molar-refractivity contribution in [2.45, 2.75) is 13.8 Å². The number of carbonyl (C=O) groups excluding carboxylic acids is 1. The second kappa shape index (κ2) is 9.85. The molecule has 152 valence electrons. The van der Waals surface area contributed by atoms with E-state index in [-0.39, 0.29) is 32.1 Å². The number of ketones is 1. The lowest BCUT2D eigenvalue weighted by Crippen LogP contribution is -2.36. The van der Waals surface area contributed by atoms with Gasteiger partial charge in [0, 0.05) is 49.0 Å². The first kappa shape index (κ1) is 21.3. The van der Waals surface area contributed by atoms with E-state index in [0.29, 0.717) is 11.1 Å². The number of hydrogen-bond donors (Lipinski definition) is 0. The largest absolute Gasteiger partial charge is 0.408 e. The van der Waals surface area contributed by atoms with Gasteiger partial charge < -0.3 is 0 Å². The van der Waals surface area contributed by atoms with Gasteiger partial charge in [0.15, 0.2) is 5.78 Å². The Balaban J connectivity index is 2.03. The minimum atomic E-state index is -3.54. The number of aromatic nitrogens is 2. The van der Waals surface area contributed by atoms with Crippen LogP contribution in [-0.2, 0) is 18.4 Å². The predicted molar refractivity (Wildman–Crippen MR) is 112 cm³/mol. The Kier molecular flexibility index (Phi) is 7.23. The molecule has 2 aromatic rings. The number of carbonyl (C=O) groups is 1. The molecule has 0 unspecified atom stereocenters. The average Bonchev–Trinajstić information content (AvgIpc) is 2.73. The van der Waals surface area contributed by atoms with Gasteiger partial charge in [0.25, 0.3) is 0 Å². The van der Waals surface area contributed by atoms with Crippen molar-refractivity contribution in [3.8, 4) is 0 Å². The Morgan fingerprint density at radius 3 is 1.83 bits per heavy atom. The fraction of sp³-hybridized carbons (Fsp3) is 0.286. The van der Waals surface area contributed by atoms with Gasteiger partial charge in [-0.25, -0.2) is 4.57 Å². The molecule has 0 aromatic carbocycles. The maximum atomic E-state index is 13.4. The topological polar surface area (TPSA) is 81.6 Å². The molecule has 0 bridgehead atoms. The maximum Gasteiger partial charge on any atom is 0.408 e. The van der Waals surface area contributed by atoms with Gasteiger partial charge in [0.05, 0.1) is 13.2 Å². The van der Waals surface area contributed by atoms with E-state index in [1.54, 1.807) is 67.6 Å². The Labute approximate surface area is 170 Å². The van der Waals surface area contributed by atoms with Crippen LogP contribution in [0.3, 0.4) is 0 Å². The summed E-state index contributed by atoms with van der Waals surface area (Å²) < 4.78 is 26.0. The van der Waals surface area contributed by atoms with Crippen LogP contribution in [0.15, 0.2) is 60.2 Å². The first-order valence-corrected chi connectivity index (χ1v) is 11.0. The van der Waals surface area contributed by atoms with Crippen LogP contribution in [0.1, 0.15) is 25.0 Å². The van der Waals surface area contributed by atoms with Gasteiger partial charge >= 0.3 is 7.75 Å². The van der Waals surface area contributed by atoms with Crippen LogP contribution < -0.4 is 0 Å². The average molecular weight is 413 g/mol. The second-order valence-electron chi connectivity index (χ2n) is 6.37. The predicted octanol–water partition coefficient (Wildman–Crippen LogP) is 4.01. The summed E-state index contributed by atoms with van der Waals surface area (Å²) in [5.41, 5.74) is 2.58. The summed E-state index contributed by atoms with van der Waals surface area (Å²) in [4.78, 5) is 21.3. The molecule has 0 N–H and O–H groups in total. The third-order valence-corrected chi connectivity index (χ3v) is 6.42. The molecule has 0 atom stereocenters. The lowest BCUT2D eigenvalue weighted by Gasteiger charge is -2.34. The fourth-order valence-electron chi connectivity index (χ4n) is 3.05. The monoisotopic (exact) mass is 413 g/mol. The Morgan fingerprint density at radius 1 is 0.966 bits per heavy atom. The molecule has 3 rings (SSSR count). The SMILES string of the molecule is CCOP(=O)(OCC)N1C/C(=C\c2cccnc2)C(=O)/C(=C/c2cccnc2)C1. The summed E-state index contributed by atoms with van der Waals surface area (Å²) in [6.07, 6.45) is 10.2. The Morgan fingerprint density at radius 2 is 1.45 bits per heavy atom. The number of piperidine rings is 1. The molecule has 7 nitrogen and oxygen atoms in total. The first-order chi connectivity index (χ1) is 14.1. The molecular formula is C21H24N3O4P. The molecule has 1 fully saturated rings. The van der Waals surface area contributed by atoms with Crippen molar-refractivity contribution >= 4 is 25.7 Å². The molecule has 1 saturated heterocycles. The van der Waals surface area contributed by atoms with Crippen LogP contribution in [0.25, 0.3) is 12.2 Å². The highest BCUT2D eigenvalue weighted by atomic mass is 31.2. The zero-order valence-corrected chi connectivity index (χ0v) is 17.4. The van der Waals surface area contributed by atoms with E-state index in [4.69, 9.17) is 9.05 Å². The summed E-state index contributed by atoms with van der Waals surface area (Å²) in [7, 11) is -3.54. The number of nitrogens with zero attached hydrogens (tertiary/aromatic N) is 3. The zero-order chi connectivity index (χ0) is 20.7. The third kappa shape index (κ3) is 5.34. The number of hydrogen-bond acceptors (Lipinski definition) is 6. The highest BCUT2D eigenvalue weighted by Crippen LogP contribution is 2.53. The molecule has 2 aromatic heterocycles. The van der Waals surface area contributed by atoms with Gasteiger partial charge in [0.1, 0.15) is 0 Å². The third-order valence-electron chi connectivity index (χ3n) is 4.27. The molecule has 8 heteroatoms. The highest BCUT2D eigenvalue weighted by molar-refractivity contribution is 7.51. The molecule has 1 aliphatic heterocycles. The van der Waals surface area contributed by atoms with Crippen LogP contribution in [0.5, 0.6) is 0 Å². The fourth-order valence-corrected chi connectivity index (χ4v) is 4.75. The number of rotatable bonds is 7. The van der Waals surface area contributed by atoms with Crippen molar-refractivity contribution in [2.24, 2.45) is 0 Å². The molecule has 0 amide bonds. The summed E-state index contributed by atoms with van der Waals surface area (Å²) in [5, 5.41) is 0. The van der Waals surface area contributed by atoms with Crippen LogP contribution >= 0.6 is 7.75 Å². The molecule has 1 aliphatic rings. The Hall–Kier alpha value is -2.44. The molecule has 29 heavy (non-hydrogen) atoms. The van der Waals surface area contributed by atoms with E-state index >= 15 is 0 Å². The van der Waals surface area contributed by atoms with Crippen molar-refractivity contribution in [1.82, 2.24) is 14.6 Å². The summed E-state index contributed by atoms with van der Waals surface area (Å²) in [6, 6.07) is 7.33. The van der Waals surface area contributed by atoms with Gasteiger partial charge in [-0.1, -0.05) is 12.1 Å². The molecule has 0 spiro atoms. The van der Waals surface area contributed by atoms with E-state index in [9.17, 15) is 9.36 Å². The van der Waals surface area contributed by atoms with Gasteiger partial charge in [-0.3, -0.25) is 23.8 Å². The van der Waals surface area contributed by atoms with Crippen molar-refractivity contribution < 1.29 is 18.4 Å². The van der Waals surface area contributed by atoms with Gasteiger partial charge in [-0.05, 0) is 49.3 Å². The number of pyridine rings is 2. The summed E-state index contributed by atoms with van der Waals surface area (Å²) in [5.74, 6) is -0.103. The molecule has 3 heterocycles. The van der Waals surface area contributed by atoms with Crippen LogP contribution in [0, 0.1) is 0 Å². The summed E-state index contributed by atoms with van der Waals surface area (Å²) >= 11 is 0. The summed E-state index contributed by atoms with van der Waals surface area (Å²) in [6.45, 7) is 4.33. The van der Waals surface area contributed by atoms with E-state index in [2.05, 4.69) is 9.97 Å². The van der Waals surface area contributed by atoms with Crippen molar-refractivity contribution in [3.05, 3.63) is 71.3 Å². The smallest absolute Gasteiger partial charge is 0.297 e. The van der Waals surface area contributed by atoms with Crippen LogP contribution in [-0.4, -0.2) is 46.7 Å². The van der Waals surface area contributed by atoms with Gasteiger partial charge in [-0.15, -0.1) is 0 Å². The van der Waals surface area contributed by atoms with Gasteiger partial charge in [-0.2, -0.15) is 4.67 Å². The normalized spacial score (nSPS) is 18.5. The van der Waals surface area contributed by atoms with Crippen LogP contribution in [0.2, 0.25) is 0 Å². The maximum absolute atomic E-state index is 13.4. The lowest BCUT2D eigenvalue weighted by atomic mass is 9.96. The molecule has 0 radical (unpaired) electrons. The van der Waals surface area contributed by atoms with Crippen molar-refractivity contribution in [3.63, 3.8) is 0 Å². The van der Waals surface area contributed by atoms with E-state index < -0.39 is 7.75 Å². The van der Waals surface area contributed by atoms with E-state index in [0.717, 1.165) is 11.1 Å². The minimum Gasteiger partial charge on any atom is -0.297 e. The highest BCUT2D eigenvalue weighted by Gasteiger charge is 2.39.